The molecular formula is C20H31N3O2S. The molecule has 0 amide bonds. The summed E-state index contributed by atoms with van der Waals surface area (Å²) >= 11 is 0. The van der Waals surface area contributed by atoms with Gasteiger partial charge in [-0.2, -0.15) is 22.7 Å². The SMILES string of the molecule is CC1CCN(S(=O)(=O)NCc2cc(C(C)C)c(C#N)c(C(C)C)c2)CC1. The predicted molar refractivity (Wildman–Crippen MR) is 105 cm³/mol. The standard InChI is InChI=1S/C20H31N3O2S/c1-14(2)18-10-17(11-19(15(3)4)20(18)12-21)13-22-26(24,25)23-8-6-16(5)7-9-23/h10-11,14-16,22H,6-9,13H2,1-5H3. The zero-order valence-electron chi connectivity index (χ0n) is 16.5. The fraction of sp³-hybridized carbons (Fsp3) is 0.650. The highest BCUT2D eigenvalue weighted by Gasteiger charge is 2.26. The highest BCUT2D eigenvalue weighted by atomic mass is 32.2. The quantitative estimate of drug-likeness (QED) is 0.818. The molecule has 1 fully saturated rings. The van der Waals surface area contributed by atoms with E-state index < -0.39 is 10.2 Å². The number of nitriles is 1. The molecule has 0 unspecified atom stereocenters. The predicted octanol–water partition coefficient (Wildman–Crippen LogP) is 3.87. The maximum atomic E-state index is 12.6. The molecule has 1 aliphatic heterocycles. The van der Waals surface area contributed by atoms with E-state index in [4.69, 9.17) is 0 Å². The van der Waals surface area contributed by atoms with Crippen molar-refractivity contribution in [1.82, 2.24) is 9.03 Å². The van der Waals surface area contributed by atoms with Gasteiger partial charge in [-0.3, -0.25) is 0 Å². The van der Waals surface area contributed by atoms with Crippen molar-refractivity contribution in [3.8, 4) is 6.07 Å². The second kappa shape index (κ2) is 8.51. The van der Waals surface area contributed by atoms with Gasteiger partial charge in [0, 0.05) is 19.6 Å². The van der Waals surface area contributed by atoms with Gasteiger partial charge in [0.1, 0.15) is 0 Å². The smallest absolute Gasteiger partial charge is 0.198 e. The molecule has 1 N–H and O–H groups in total. The summed E-state index contributed by atoms with van der Waals surface area (Å²) in [4.78, 5) is 0. The molecule has 6 heteroatoms. The summed E-state index contributed by atoms with van der Waals surface area (Å²) in [6.45, 7) is 11.8. The molecule has 1 saturated heterocycles. The average Bonchev–Trinajstić information content (AvgIpc) is 2.59. The first-order valence-corrected chi connectivity index (χ1v) is 10.9. The van der Waals surface area contributed by atoms with Crippen LogP contribution in [0.4, 0.5) is 0 Å². The number of nitrogens with one attached hydrogen (secondary N) is 1. The van der Waals surface area contributed by atoms with E-state index in [-0.39, 0.29) is 18.4 Å². The van der Waals surface area contributed by atoms with E-state index in [1.807, 2.05) is 12.1 Å². The molecule has 0 radical (unpaired) electrons. The Bertz CT molecular complexity index is 742. The Hall–Kier alpha value is -1.42. The molecule has 1 aliphatic rings. The molecule has 1 heterocycles. The van der Waals surface area contributed by atoms with Crippen molar-refractivity contribution in [2.75, 3.05) is 13.1 Å². The van der Waals surface area contributed by atoms with Gasteiger partial charge >= 0.3 is 0 Å². The number of piperidine rings is 1. The first kappa shape index (κ1) is 20.9. The average molecular weight is 378 g/mol. The van der Waals surface area contributed by atoms with E-state index in [1.165, 1.54) is 0 Å². The summed E-state index contributed by atoms with van der Waals surface area (Å²) in [5.74, 6) is 1.01. The Morgan fingerprint density at radius 2 is 1.65 bits per heavy atom. The molecule has 144 valence electrons. The van der Waals surface area contributed by atoms with Crippen molar-refractivity contribution in [2.45, 2.75) is 65.8 Å². The maximum absolute atomic E-state index is 12.6. The third kappa shape index (κ3) is 4.85. The molecule has 5 nitrogen and oxygen atoms in total. The lowest BCUT2D eigenvalue weighted by atomic mass is 9.87. The number of benzene rings is 1. The molecule has 0 aliphatic carbocycles. The van der Waals surface area contributed by atoms with Crippen molar-refractivity contribution < 1.29 is 8.42 Å². The zero-order chi connectivity index (χ0) is 19.5. The van der Waals surface area contributed by atoms with Gasteiger partial charge in [0.2, 0.25) is 0 Å². The Morgan fingerprint density at radius 3 is 2.08 bits per heavy atom. The monoisotopic (exact) mass is 377 g/mol. The van der Waals surface area contributed by atoms with Gasteiger partial charge in [0.25, 0.3) is 10.2 Å². The first-order valence-electron chi connectivity index (χ1n) is 9.47. The van der Waals surface area contributed by atoms with Crippen LogP contribution in [0.5, 0.6) is 0 Å². The van der Waals surface area contributed by atoms with E-state index in [1.54, 1.807) is 4.31 Å². The fourth-order valence-corrected chi connectivity index (χ4v) is 4.61. The van der Waals surface area contributed by atoms with E-state index in [9.17, 15) is 13.7 Å². The van der Waals surface area contributed by atoms with Crippen LogP contribution in [-0.4, -0.2) is 25.8 Å². The topological polar surface area (TPSA) is 73.2 Å². The normalized spacial score (nSPS) is 17.0. The van der Waals surface area contributed by atoms with Crippen LogP contribution in [-0.2, 0) is 16.8 Å². The lowest BCUT2D eigenvalue weighted by molar-refractivity contribution is 0.285. The Morgan fingerprint density at radius 1 is 1.15 bits per heavy atom. The molecule has 1 aromatic rings. The van der Waals surface area contributed by atoms with E-state index in [2.05, 4.69) is 45.4 Å². The summed E-state index contributed by atoms with van der Waals surface area (Å²) in [5, 5.41) is 9.57. The van der Waals surface area contributed by atoms with Gasteiger partial charge in [-0.1, -0.05) is 46.8 Å². The van der Waals surface area contributed by atoms with Crippen molar-refractivity contribution in [1.29, 1.82) is 5.26 Å². The van der Waals surface area contributed by atoms with Gasteiger partial charge in [-0.05, 0) is 47.3 Å². The van der Waals surface area contributed by atoms with Crippen LogP contribution in [0.25, 0.3) is 0 Å². The van der Waals surface area contributed by atoms with Gasteiger partial charge in [0.15, 0.2) is 0 Å². The molecule has 0 saturated carbocycles. The van der Waals surface area contributed by atoms with Gasteiger partial charge in [-0.15, -0.1) is 0 Å². The van der Waals surface area contributed by atoms with Crippen molar-refractivity contribution >= 4 is 10.2 Å². The summed E-state index contributed by atoms with van der Waals surface area (Å²) < 4.78 is 29.5. The third-order valence-corrected chi connectivity index (χ3v) is 6.71. The third-order valence-electron chi connectivity index (χ3n) is 5.16. The van der Waals surface area contributed by atoms with Crippen molar-refractivity contribution in [3.63, 3.8) is 0 Å². The first-order chi connectivity index (χ1) is 12.2. The Kier molecular flexibility index (Phi) is 6.84. The molecule has 0 bridgehead atoms. The lowest BCUT2D eigenvalue weighted by Crippen LogP contribution is -2.44. The summed E-state index contributed by atoms with van der Waals surface area (Å²) in [5.41, 5.74) is 3.61. The van der Waals surface area contributed by atoms with E-state index >= 15 is 0 Å². The van der Waals surface area contributed by atoms with Crippen LogP contribution >= 0.6 is 0 Å². The minimum absolute atomic E-state index is 0.210. The second-order valence-electron chi connectivity index (χ2n) is 7.98. The fourth-order valence-electron chi connectivity index (χ4n) is 3.39. The highest BCUT2D eigenvalue weighted by Crippen LogP contribution is 2.29. The molecule has 0 aromatic heterocycles. The maximum Gasteiger partial charge on any atom is 0.279 e. The van der Waals surface area contributed by atoms with Crippen LogP contribution in [0.2, 0.25) is 0 Å². The largest absolute Gasteiger partial charge is 0.279 e. The van der Waals surface area contributed by atoms with Crippen LogP contribution < -0.4 is 4.72 Å². The number of nitrogens with zero attached hydrogens (tertiary/aromatic N) is 2. The number of rotatable bonds is 6. The summed E-state index contributed by atoms with van der Waals surface area (Å²) in [6.07, 6.45) is 1.82. The van der Waals surface area contributed by atoms with Crippen LogP contribution in [0.3, 0.4) is 0 Å². The Balaban J connectivity index is 2.23. The van der Waals surface area contributed by atoms with Crippen LogP contribution in [0.1, 0.15) is 81.5 Å². The van der Waals surface area contributed by atoms with Gasteiger partial charge in [0.05, 0.1) is 11.6 Å². The van der Waals surface area contributed by atoms with Gasteiger partial charge in [-0.25, -0.2) is 0 Å². The zero-order valence-corrected chi connectivity index (χ0v) is 17.4. The molecule has 1 aromatic carbocycles. The van der Waals surface area contributed by atoms with Crippen LogP contribution in [0.15, 0.2) is 12.1 Å². The minimum atomic E-state index is -3.47. The van der Waals surface area contributed by atoms with Crippen molar-refractivity contribution in [3.05, 3.63) is 34.4 Å². The van der Waals surface area contributed by atoms with E-state index in [0.29, 0.717) is 19.0 Å². The molecule has 0 atom stereocenters. The Labute approximate surface area is 158 Å². The van der Waals surface area contributed by atoms with Gasteiger partial charge < -0.3 is 0 Å². The second-order valence-corrected chi connectivity index (χ2v) is 9.73. The van der Waals surface area contributed by atoms with Crippen molar-refractivity contribution in [2.24, 2.45) is 5.92 Å². The number of hydrogen-bond acceptors (Lipinski definition) is 3. The minimum Gasteiger partial charge on any atom is -0.198 e. The molecule has 26 heavy (non-hydrogen) atoms. The summed E-state index contributed by atoms with van der Waals surface area (Å²) in [6, 6.07) is 6.27. The van der Waals surface area contributed by atoms with Crippen LogP contribution in [0, 0.1) is 17.2 Å². The molecular weight excluding hydrogens is 346 g/mol. The number of hydrogen-bond donors (Lipinski definition) is 1. The highest BCUT2D eigenvalue weighted by molar-refractivity contribution is 7.87. The van der Waals surface area contributed by atoms with E-state index in [0.717, 1.165) is 35.1 Å². The lowest BCUT2D eigenvalue weighted by Gasteiger charge is -2.29. The molecule has 0 spiro atoms. The molecule has 2 rings (SSSR count). The summed E-state index contributed by atoms with van der Waals surface area (Å²) in [7, 11) is -3.47.